The summed E-state index contributed by atoms with van der Waals surface area (Å²) in [6.07, 6.45) is 1.98. The molecule has 0 spiro atoms. The number of Topliss-reactive ketones (excluding diaryl/α,β-unsaturated/α-hetero) is 1. The van der Waals surface area contributed by atoms with Crippen molar-refractivity contribution in [3.05, 3.63) is 34.6 Å². The second kappa shape index (κ2) is 5.37. The molecule has 0 radical (unpaired) electrons. The van der Waals surface area contributed by atoms with E-state index in [9.17, 15) is 9.18 Å². The molecule has 1 saturated heterocycles. The summed E-state index contributed by atoms with van der Waals surface area (Å²) in [6.45, 7) is 3.65. The molecule has 0 saturated carbocycles. The van der Waals surface area contributed by atoms with E-state index in [-0.39, 0.29) is 22.6 Å². The zero-order valence-electron chi connectivity index (χ0n) is 10.4. The van der Waals surface area contributed by atoms with E-state index in [1.165, 1.54) is 12.1 Å². The third-order valence-corrected chi connectivity index (χ3v) is 4.17. The quantitative estimate of drug-likeness (QED) is 0.910. The minimum atomic E-state index is -0.461. The molecule has 0 aliphatic carbocycles. The predicted octanol–water partition coefficient (Wildman–Crippen LogP) is 2.98. The number of hydrogen-bond donors (Lipinski definition) is 1. The van der Waals surface area contributed by atoms with Gasteiger partial charge >= 0.3 is 0 Å². The third-order valence-electron chi connectivity index (χ3n) is 3.86. The number of benzene rings is 1. The van der Waals surface area contributed by atoms with Crippen molar-refractivity contribution >= 4 is 17.4 Å². The van der Waals surface area contributed by atoms with Crippen LogP contribution in [0, 0.1) is 11.2 Å². The van der Waals surface area contributed by atoms with E-state index in [0.29, 0.717) is 5.56 Å². The molecule has 1 heterocycles. The van der Waals surface area contributed by atoms with Crippen LogP contribution in [0.5, 0.6) is 0 Å². The van der Waals surface area contributed by atoms with Gasteiger partial charge < -0.3 is 5.32 Å². The summed E-state index contributed by atoms with van der Waals surface area (Å²) in [6, 6.07) is 4.58. The van der Waals surface area contributed by atoms with E-state index in [2.05, 4.69) is 5.32 Å². The van der Waals surface area contributed by atoms with Gasteiger partial charge in [0.15, 0.2) is 0 Å². The minimum absolute atomic E-state index is 0.0962. The maximum absolute atomic E-state index is 13.3. The molecule has 1 aliphatic rings. The van der Waals surface area contributed by atoms with Crippen molar-refractivity contribution in [1.82, 2.24) is 5.32 Å². The van der Waals surface area contributed by atoms with Crippen molar-refractivity contribution in [2.24, 2.45) is 5.41 Å². The van der Waals surface area contributed by atoms with Gasteiger partial charge in [0, 0.05) is 18.4 Å². The van der Waals surface area contributed by atoms with Crippen molar-refractivity contribution in [2.75, 3.05) is 13.1 Å². The fourth-order valence-corrected chi connectivity index (χ4v) is 2.62. The highest BCUT2D eigenvalue weighted by atomic mass is 35.5. The maximum atomic E-state index is 13.3. The molecule has 1 fully saturated rings. The van der Waals surface area contributed by atoms with Crippen LogP contribution in [0.3, 0.4) is 0 Å². The number of carbonyl (C=O) groups is 1. The SMILES string of the molecule is CCC1(C(=O)Cc2ccc(Cl)c(F)c2)CCNC1. The lowest BCUT2D eigenvalue weighted by molar-refractivity contribution is -0.127. The lowest BCUT2D eigenvalue weighted by Gasteiger charge is -2.24. The Hall–Kier alpha value is -0.930. The molecule has 1 aliphatic heterocycles. The first kappa shape index (κ1) is 13.5. The summed E-state index contributed by atoms with van der Waals surface area (Å²) in [5, 5.41) is 3.33. The number of halogens is 2. The van der Waals surface area contributed by atoms with Crippen LogP contribution in [0.2, 0.25) is 5.02 Å². The van der Waals surface area contributed by atoms with Gasteiger partial charge in [-0.2, -0.15) is 0 Å². The number of ketones is 1. The predicted molar refractivity (Wildman–Crippen MR) is 70.3 cm³/mol. The molecule has 0 amide bonds. The van der Waals surface area contributed by atoms with E-state index in [1.807, 2.05) is 6.92 Å². The summed E-state index contributed by atoms with van der Waals surface area (Å²) in [7, 11) is 0. The lowest BCUT2D eigenvalue weighted by atomic mass is 9.78. The van der Waals surface area contributed by atoms with Crippen molar-refractivity contribution in [3.8, 4) is 0 Å². The van der Waals surface area contributed by atoms with Crippen LogP contribution in [0.15, 0.2) is 18.2 Å². The largest absolute Gasteiger partial charge is 0.316 e. The zero-order chi connectivity index (χ0) is 13.2. The molecule has 0 aromatic heterocycles. The molecular weight excluding hydrogens is 253 g/mol. The standard InChI is InChI=1S/C14H17ClFNO/c1-2-14(5-6-17-9-14)13(18)8-10-3-4-11(15)12(16)7-10/h3-4,7,17H,2,5-6,8-9H2,1H3. The fourth-order valence-electron chi connectivity index (χ4n) is 2.50. The molecule has 1 N–H and O–H groups in total. The first-order valence-corrected chi connectivity index (χ1v) is 6.63. The maximum Gasteiger partial charge on any atom is 0.144 e. The average molecular weight is 270 g/mol. The van der Waals surface area contributed by atoms with Gasteiger partial charge in [0.25, 0.3) is 0 Å². The molecule has 2 rings (SSSR count). The molecular formula is C14H17ClFNO. The van der Waals surface area contributed by atoms with Gasteiger partial charge in [-0.25, -0.2) is 4.39 Å². The summed E-state index contributed by atoms with van der Waals surface area (Å²) in [4.78, 5) is 12.4. The monoisotopic (exact) mass is 269 g/mol. The van der Waals surface area contributed by atoms with Crippen molar-refractivity contribution in [2.45, 2.75) is 26.2 Å². The van der Waals surface area contributed by atoms with Gasteiger partial charge in [-0.05, 0) is 37.1 Å². The Morgan fingerprint density at radius 3 is 2.89 bits per heavy atom. The van der Waals surface area contributed by atoms with Gasteiger partial charge in [-0.15, -0.1) is 0 Å². The van der Waals surface area contributed by atoms with Gasteiger partial charge in [-0.1, -0.05) is 24.6 Å². The fraction of sp³-hybridized carbons (Fsp3) is 0.500. The Balaban J connectivity index is 2.13. The van der Waals surface area contributed by atoms with Crippen molar-refractivity contribution in [3.63, 3.8) is 0 Å². The zero-order valence-corrected chi connectivity index (χ0v) is 11.2. The summed E-state index contributed by atoms with van der Waals surface area (Å²) >= 11 is 5.63. The smallest absolute Gasteiger partial charge is 0.144 e. The van der Waals surface area contributed by atoms with Gasteiger partial charge in [0.2, 0.25) is 0 Å². The van der Waals surface area contributed by atoms with Crippen LogP contribution in [0.1, 0.15) is 25.3 Å². The Bertz CT molecular complexity index is 455. The van der Waals surface area contributed by atoms with Gasteiger partial charge in [-0.3, -0.25) is 4.79 Å². The lowest BCUT2D eigenvalue weighted by Crippen LogP contribution is -2.34. The van der Waals surface area contributed by atoms with Crippen LogP contribution in [-0.2, 0) is 11.2 Å². The average Bonchev–Trinajstić information content (AvgIpc) is 2.84. The van der Waals surface area contributed by atoms with E-state index in [0.717, 1.165) is 25.9 Å². The van der Waals surface area contributed by atoms with Crippen LogP contribution in [0.25, 0.3) is 0 Å². The Morgan fingerprint density at radius 2 is 2.33 bits per heavy atom. The highest BCUT2D eigenvalue weighted by Crippen LogP contribution is 2.32. The van der Waals surface area contributed by atoms with Crippen LogP contribution in [0.4, 0.5) is 4.39 Å². The number of nitrogens with one attached hydrogen (secondary N) is 1. The number of rotatable bonds is 4. The van der Waals surface area contributed by atoms with Crippen LogP contribution >= 0.6 is 11.6 Å². The molecule has 18 heavy (non-hydrogen) atoms. The van der Waals surface area contributed by atoms with Crippen molar-refractivity contribution in [1.29, 1.82) is 0 Å². The first-order chi connectivity index (χ1) is 8.57. The third kappa shape index (κ3) is 2.57. The minimum Gasteiger partial charge on any atom is -0.316 e. The highest BCUT2D eigenvalue weighted by Gasteiger charge is 2.38. The summed E-state index contributed by atoms with van der Waals surface area (Å²) in [5.74, 6) is -0.270. The highest BCUT2D eigenvalue weighted by molar-refractivity contribution is 6.30. The normalized spacial score (nSPS) is 23.3. The second-order valence-corrected chi connectivity index (χ2v) is 5.32. The molecule has 1 unspecified atom stereocenters. The molecule has 1 atom stereocenters. The van der Waals surface area contributed by atoms with Crippen LogP contribution in [-0.4, -0.2) is 18.9 Å². The van der Waals surface area contributed by atoms with Gasteiger partial charge in [0.05, 0.1) is 5.02 Å². The van der Waals surface area contributed by atoms with E-state index < -0.39 is 5.82 Å². The molecule has 1 aromatic rings. The Kier molecular flexibility index (Phi) is 4.03. The van der Waals surface area contributed by atoms with E-state index >= 15 is 0 Å². The van der Waals surface area contributed by atoms with Crippen molar-refractivity contribution < 1.29 is 9.18 Å². The van der Waals surface area contributed by atoms with Crippen LogP contribution < -0.4 is 5.32 Å². The summed E-state index contributed by atoms with van der Waals surface area (Å²) < 4.78 is 13.3. The Labute approximate surface area is 112 Å². The van der Waals surface area contributed by atoms with Gasteiger partial charge in [0.1, 0.15) is 11.6 Å². The Morgan fingerprint density at radius 1 is 1.56 bits per heavy atom. The number of hydrogen-bond acceptors (Lipinski definition) is 2. The topological polar surface area (TPSA) is 29.1 Å². The number of carbonyl (C=O) groups excluding carboxylic acids is 1. The van der Waals surface area contributed by atoms with E-state index in [1.54, 1.807) is 6.07 Å². The molecule has 1 aromatic carbocycles. The van der Waals surface area contributed by atoms with E-state index in [4.69, 9.17) is 11.6 Å². The molecule has 2 nitrogen and oxygen atoms in total. The second-order valence-electron chi connectivity index (χ2n) is 4.91. The molecule has 4 heteroatoms. The summed E-state index contributed by atoms with van der Waals surface area (Å²) in [5.41, 5.74) is 0.428. The first-order valence-electron chi connectivity index (χ1n) is 6.25. The molecule has 0 bridgehead atoms. The molecule has 98 valence electrons.